The number of hydrogen-bond donors (Lipinski definition) is 1. The molecule has 0 aromatic carbocycles. The summed E-state index contributed by atoms with van der Waals surface area (Å²) in [7, 11) is 0. The van der Waals surface area contributed by atoms with Crippen LogP contribution in [0.15, 0.2) is 12.4 Å². The maximum Gasteiger partial charge on any atom is 0.317 e. The van der Waals surface area contributed by atoms with Crippen LogP contribution in [0.2, 0.25) is 0 Å². The van der Waals surface area contributed by atoms with E-state index in [2.05, 4.69) is 20.2 Å². The molecule has 0 radical (unpaired) electrons. The first-order valence-corrected chi connectivity index (χ1v) is 8.02. The smallest absolute Gasteiger partial charge is 0.317 e. The summed E-state index contributed by atoms with van der Waals surface area (Å²) in [5.41, 5.74) is 0. The second-order valence-corrected chi connectivity index (χ2v) is 5.64. The molecule has 2 fully saturated rings. The normalized spacial score (nSPS) is 20.0. The SMILES string of the molecule is CCOc1cc(N2CCC(N3CCCNC3=O)CC2)ncn1. The number of nitrogens with one attached hydrogen (secondary N) is 1. The van der Waals surface area contributed by atoms with E-state index in [1.165, 1.54) is 0 Å². The van der Waals surface area contributed by atoms with Gasteiger partial charge in [-0.3, -0.25) is 0 Å². The quantitative estimate of drug-likeness (QED) is 0.907. The van der Waals surface area contributed by atoms with Crippen molar-refractivity contribution in [1.29, 1.82) is 0 Å². The van der Waals surface area contributed by atoms with Gasteiger partial charge in [-0.2, -0.15) is 0 Å². The zero-order valence-corrected chi connectivity index (χ0v) is 13.0. The molecular formula is C15H23N5O2. The number of amides is 2. The van der Waals surface area contributed by atoms with Crippen LogP contribution in [-0.2, 0) is 0 Å². The van der Waals surface area contributed by atoms with Gasteiger partial charge in [-0.15, -0.1) is 0 Å². The molecule has 2 amide bonds. The number of carbonyl (C=O) groups excluding carboxylic acids is 1. The number of anilines is 1. The van der Waals surface area contributed by atoms with E-state index in [1.807, 2.05) is 17.9 Å². The minimum Gasteiger partial charge on any atom is -0.478 e. The van der Waals surface area contributed by atoms with E-state index >= 15 is 0 Å². The summed E-state index contributed by atoms with van der Waals surface area (Å²) in [6, 6.07) is 2.31. The van der Waals surface area contributed by atoms with E-state index in [4.69, 9.17) is 4.74 Å². The van der Waals surface area contributed by atoms with Crippen LogP contribution in [0.25, 0.3) is 0 Å². The van der Waals surface area contributed by atoms with Gasteiger partial charge in [0.15, 0.2) is 0 Å². The molecule has 7 heteroatoms. The summed E-state index contributed by atoms with van der Waals surface area (Å²) in [6.45, 7) is 6.02. The summed E-state index contributed by atoms with van der Waals surface area (Å²) < 4.78 is 5.43. The molecule has 120 valence electrons. The predicted molar refractivity (Wildman–Crippen MR) is 83.2 cm³/mol. The number of aromatic nitrogens is 2. The second kappa shape index (κ2) is 6.81. The summed E-state index contributed by atoms with van der Waals surface area (Å²) in [6.07, 6.45) is 4.53. The molecule has 0 unspecified atom stereocenters. The largest absolute Gasteiger partial charge is 0.478 e. The fraction of sp³-hybridized carbons (Fsp3) is 0.667. The topological polar surface area (TPSA) is 70.6 Å². The van der Waals surface area contributed by atoms with Crippen molar-refractivity contribution in [3.63, 3.8) is 0 Å². The van der Waals surface area contributed by atoms with Crippen molar-refractivity contribution < 1.29 is 9.53 Å². The van der Waals surface area contributed by atoms with Crippen LogP contribution >= 0.6 is 0 Å². The Morgan fingerprint density at radius 3 is 2.86 bits per heavy atom. The Balaban J connectivity index is 1.59. The number of rotatable bonds is 4. The maximum atomic E-state index is 11.9. The van der Waals surface area contributed by atoms with E-state index in [0.29, 0.717) is 18.5 Å². The lowest BCUT2D eigenvalue weighted by atomic mass is 10.0. The first-order chi connectivity index (χ1) is 10.8. The Kier molecular flexibility index (Phi) is 4.60. The number of nitrogens with zero attached hydrogens (tertiary/aromatic N) is 4. The van der Waals surface area contributed by atoms with Gasteiger partial charge in [0.1, 0.15) is 12.1 Å². The predicted octanol–water partition coefficient (Wildman–Crippen LogP) is 1.26. The molecule has 0 aliphatic carbocycles. The van der Waals surface area contributed by atoms with Gasteiger partial charge >= 0.3 is 6.03 Å². The zero-order chi connectivity index (χ0) is 15.4. The molecule has 0 atom stereocenters. The highest BCUT2D eigenvalue weighted by atomic mass is 16.5. The van der Waals surface area contributed by atoms with Crippen molar-refractivity contribution in [3.8, 4) is 5.88 Å². The number of hydrogen-bond acceptors (Lipinski definition) is 5. The molecule has 0 bridgehead atoms. The van der Waals surface area contributed by atoms with Crippen LogP contribution in [0.3, 0.4) is 0 Å². The van der Waals surface area contributed by atoms with Crippen molar-refractivity contribution in [2.45, 2.75) is 32.2 Å². The Morgan fingerprint density at radius 1 is 1.32 bits per heavy atom. The van der Waals surface area contributed by atoms with Crippen molar-refractivity contribution in [1.82, 2.24) is 20.2 Å². The molecule has 2 aliphatic rings. The summed E-state index contributed by atoms with van der Waals surface area (Å²) in [5.74, 6) is 1.52. The Morgan fingerprint density at radius 2 is 2.14 bits per heavy atom. The average molecular weight is 305 g/mol. The first-order valence-electron chi connectivity index (χ1n) is 8.02. The minimum absolute atomic E-state index is 0.0883. The molecule has 0 saturated carbocycles. The van der Waals surface area contributed by atoms with E-state index < -0.39 is 0 Å². The second-order valence-electron chi connectivity index (χ2n) is 5.64. The van der Waals surface area contributed by atoms with Gasteiger partial charge < -0.3 is 19.9 Å². The third-order valence-corrected chi connectivity index (χ3v) is 4.26. The Labute approximate surface area is 130 Å². The molecule has 3 rings (SSSR count). The van der Waals surface area contributed by atoms with E-state index in [1.54, 1.807) is 6.33 Å². The maximum absolute atomic E-state index is 11.9. The van der Waals surface area contributed by atoms with Crippen LogP contribution in [0, 0.1) is 0 Å². The zero-order valence-electron chi connectivity index (χ0n) is 13.0. The molecular weight excluding hydrogens is 282 g/mol. The summed E-state index contributed by atoms with van der Waals surface area (Å²) in [5, 5.41) is 2.93. The third-order valence-electron chi connectivity index (χ3n) is 4.26. The molecule has 2 aliphatic heterocycles. The van der Waals surface area contributed by atoms with Crippen molar-refractivity contribution >= 4 is 11.8 Å². The molecule has 22 heavy (non-hydrogen) atoms. The average Bonchev–Trinajstić information content (AvgIpc) is 2.56. The third kappa shape index (κ3) is 3.23. The van der Waals surface area contributed by atoms with Crippen LogP contribution in [0.1, 0.15) is 26.2 Å². The highest BCUT2D eigenvalue weighted by Gasteiger charge is 2.29. The van der Waals surface area contributed by atoms with Gasteiger partial charge in [0.2, 0.25) is 5.88 Å². The molecule has 2 saturated heterocycles. The van der Waals surface area contributed by atoms with Gasteiger partial charge in [-0.1, -0.05) is 0 Å². The fourth-order valence-corrected chi connectivity index (χ4v) is 3.13. The number of piperidine rings is 1. The number of ether oxygens (including phenoxy) is 1. The Bertz CT molecular complexity index is 516. The number of carbonyl (C=O) groups is 1. The highest BCUT2D eigenvalue weighted by molar-refractivity contribution is 5.75. The van der Waals surface area contributed by atoms with Crippen LogP contribution < -0.4 is 15.0 Å². The molecule has 3 heterocycles. The van der Waals surface area contributed by atoms with Gasteiger partial charge in [-0.05, 0) is 26.2 Å². The molecule has 7 nitrogen and oxygen atoms in total. The fourth-order valence-electron chi connectivity index (χ4n) is 3.13. The van der Waals surface area contributed by atoms with E-state index in [0.717, 1.165) is 51.3 Å². The highest BCUT2D eigenvalue weighted by Crippen LogP contribution is 2.23. The van der Waals surface area contributed by atoms with Crippen molar-refractivity contribution in [2.75, 3.05) is 37.7 Å². The minimum atomic E-state index is 0.0883. The van der Waals surface area contributed by atoms with Crippen LogP contribution in [-0.4, -0.2) is 59.7 Å². The van der Waals surface area contributed by atoms with Crippen LogP contribution in [0.5, 0.6) is 5.88 Å². The molecule has 1 aromatic rings. The van der Waals surface area contributed by atoms with Crippen LogP contribution in [0.4, 0.5) is 10.6 Å². The lowest BCUT2D eigenvalue weighted by molar-refractivity contribution is 0.149. The van der Waals surface area contributed by atoms with E-state index in [9.17, 15) is 4.79 Å². The van der Waals surface area contributed by atoms with Gasteiger partial charge in [0.25, 0.3) is 0 Å². The standard InChI is InChI=1S/C15H23N5O2/c1-2-22-14-10-13(17-11-18-14)19-8-4-12(5-9-19)20-7-3-6-16-15(20)21/h10-12H,2-9H2,1H3,(H,16,21). The Hall–Kier alpha value is -2.05. The van der Waals surface area contributed by atoms with Crippen molar-refractivity contribution in [2.24, 2.45) is 0 Å². The lowest BCUT2D eigenvalue weighted by Gasteiger charge is -2.40. The molecule has 0 spiro atoms. The number of urea groups is 1. The van der Waals surface area contributed by atoms with Crippen molar-refractivity contribution in [3.05, 3.63) is 12.4 Å². The van der Waals surface area contributed by atoms with Gasteiger partial charge in [0.05, 0.1) is 6.61 Å². The monoisotopic (exact) mass is 305 g/mol. The molecule has 1 aromatic heterocycles. The summed E-state index contributed by atoms with van der Waals surface area (Å²) in [4.78, 5) is 24.6. The molecule has 1 N–H and O–H groups in total. The van der Waals surface area contributed by atoms with Gasteiger partial charge in [-0.25, -0.2) is 14.8 Å². The van der Waals surface area contributed by atoms with Gasteiger partial charge in [0, 0.05) is 38.3 Å². The first kappa shape index (κ1) is 14.9. The lowest BCUT2D eigenvalue weighted by Crippen LogP contribution is -2.54. The summed E-state index contributed by atoms with van der Waals surface area (Å²) >= 11 is 0. The van der Waals surface area contributed by atoms with E-state index in [-0.39, 0.29) is 6.03 Å².